The van der Waals surface area contributed by atoms with Crippen LogP contribution in [-0.2, 0) is 10.0 Å². The van der Waals surface area contributed by atoms with E-state index in [0.717, 1.165) is 11.1 Å². The Labute approximate surface area is 190 Å². The number of para-hydroxylation sites is 1. The highest BCUT2D eigenvalue weighted by Gasteiger charge is 2.18. The quantitative estimate of drug-likeness (QED) is 0.395. The van der Waals surface area contributed by atoms with Gasteiger partial charge in [-0.15, -0.1) is 0 Å². The average molecular weight is 458 g/mol. The molecule has 0 spiro atoms. The molecule has 10 heteroatoms. The van der Waals surface area contributed by atoms with E-state index in [2.05, 4.69) is 30.1 Å². The third-order valence-corrected chi connectivity index (χ3v) is 6.27. The lowest BCUT2D eigenvalue weighted by molar-refractivity contribution is 0.602. The SMILES string of the molecule is Cc1nc(Nc2ccc(NS(=O)(=O)c3cccc4cccnc34)cc2)cc(-n2cccn2)n1. The highest BCUT2D eigenvalue weighted by Crippen LogP contribution is 2.25. The predicted octanol–water partition coefficient (Wildman–Crippen LogP) is 4.06. The van der Waals surface area contributed by atoms with E-state index in [1.54, 1.807) is 78.7 Å². The van der Waals surface area contributed by atoms with Crippen LogP contribution in [-0.4, -0.2) is 33.2 Å². The second kappa shape index (κ2) is 8.32. The van der Waals surface area contributed by atoms with Gasteiger partial charge in [-0.05, 0) is 49.4 Å². The van der Waals surface area contributed by atoms with Crippen molar-refractivity contribution in [2.45, 2.75) is 11.8 Å². The number of sulfonamides is 1. The first-order chi connectivity index (χ1) is 16.0. The van der Waals surface area contributed by atoms with E-state index in [9.17, 15) is 8.42 Å². The second-order valence-corrected chi connectivity index (χ2v) is 8.90. The number of anilines is 3. The van der Waals surface area contributed by atoms with Crippen LogP contribution in [0.5, 0.6) is 0 Å². The molecule has 9 nitrogen and oxygen atoms in total. The third kappa shape index (κ3) is 4.37. The van der Waals surface area contributed by atoms with Crippen molar-refractivity contribution in [2.24, 2.45) is 0 Å². The van der Waals surface area contributed by atoms with Gasteiger partial charge in [0.2, 0.25) is 0 Å². The van der Waals surface area contributed by atoms with E-state index >= 15 is 0 Å². The van der Waals surface area contributed by atoms with Crippen molar-refractivity contribution in [2.75, 3.05) is 10.0 Å². The van der Waals surface area contributed by atoms with E-state index < -0.39 is 10.0 Å². The number of nitrogens with one attached hydrogen (secondary N) is 2. The molecule has 33 heavy (non-hydrogen) atoms. The molecule has 0 aliphatic carbocycles. The maximum absolute atomic E-state index is 13.0. The van der Waals surface area contributed by atoms with Gasteiger partial charge in [0.25, 0.3) is 10.0 Å². The van der Waals surface area contributed by atoms with Gasteiger partial charge in [0.05, 0.1) is 5.52 Å². The predicted molar refractivity (Wildman–Crippen MR) is 126 cm³/mol. The Morgan fingerprint density at radius 1 is 0.879 bits per heavy atom. The monoisotopic (exact) mass is 457 g/mol. The Morgan fingerprint density at radius 3 is 2.45 bits per heavy atom. The fourth-order valence-electron chi connectivity index (χ4n) is 3.41. The zero-order valence-corrected chi connectivity index (χ0v) is 18.4. The molecule has 2 N–H and O–H groups in total. The molecule has 0 saturated carbocycles. The van der Waals surface area contributed by atoms with E-state index in [1.165, 1.54) is 0 Å². The average Bonchev–Trinajstić information content (AvgIpc) is 3.35. The second-order valence-electron chi connectivity index (χ2n) is 7.25. The fraction of sp³-hybridized carbons (Fsp3) is 0.0435. The van der Waals surface area contributed by atoms with Gasteiger partial charge in [0, 0.05) is 41.4 Å². The number of fused-ring (bicyclic) bond motifs is 1. The van der Waals surface area contributed by atoms with Gasteiger partial charge < -0.3 is 5.32 Å². The molecule has 0 bridgehead atoms. The number of aromatic nitrogens is 5. The molecule has 0 fully saturated rings. The van der Waals surface area contributed by atoms with Crippen LogP contribution in [0.4, 0.5) is 17.2 Å². The molecule has 0 aliphatic rings. The molecule has 0 atom stereocenters. The number of hydrogen-bond donors (Lipinski definition) is 2. The summed E-state index contributed by atoms with van der Waals surface area (Å²) >= 11 is 0. The van der Waals surface area contributed by atoms with Crippen molar-refractivity contribution in [3.8, 4) is 5.82 Å². The van der Waals surface area contributed by atoms with Crippen LogP contribution in [0.25, 0.3) is 16.7 Å². The number of hydrogen-bond acceptors (Lipinski definition) is 7. The van der Waals surface area contributed by atoms with E-state index in [0.29, 0.717) is 28.7 Å². The lowest BCUT2D eigenvalue weighted by atomic mass is 10.2. The maximum atomic E-state index is 13.0. The normalized spacial score (nSPS) is 11.4. The number of rotatable bonds is 6. The first kappa shape index (κ1) is 20.6. The minimum Gasteiger partial charge on any atom is -0.340 e. The molecule has 3 heterocycles. The molecule has 3 aromatic heterocycles. The molecular formula is C23H19N7O2S. The van der Waals surface area contributed by atoms with Gasteiger partial charge in [0.15, 0.2) is 5.82 Å². The highest BCUT2D eigenvalue weighted by molar-refractivity contribution is 7.93. The summed E-state index contributed by atoms with van der Waals surface area (Å²) in [5, 5.41) is 8.17. The number of benzene rings is 2. The molecule has 2 aromatic carbocycles. The first-order valence-corrected chi connectivity index (χ1v) is 11.6. The van der Waals surface area contributed by atoms with Crippen LogP contribution >= 0.6 is 0 Å². The summed E-state index contributed by atoms with van der Waals surface area (Å²) in [6.45, 7) is 1.80. The molecule has 5 aromatic rings. The van der Waals surface area contributed by atoms with Crippen LogP contribution in [0.1, 0.15) is 5.82 Å². The van der Waals surface area contributed by atoms with Crippen molar-refractivity contribution in [3.05, 3.63) is 91.1 Å². The molecule has 0 radical (unpaired) electrons. The summed E-state index contributed by atoms with van der Waals surface area (Å²) in [6.07, 6.45) is 5.06. The van der Waals surface area contributed by atoms with Crippen LogP contribution in [0.2, 0.25) is 0 Å². The first-order valence-electron chi connectivity index (χ1n) is 10.1. The smallest absolute Gasteiger partial charge is 0.264 e. The zero-order chi connectivity index (χ0) is 22.8. The zero-order valence-electron chi connectivity index (χ0n) is 17.5. The molecule has 5 rings (SSSR count). The van der Waals surface area contributed by atoms with Crippen molar-refractivity contribution in [1.29, 1.82) is 0 Å². The van der Waals surface area contributed by atoms with E-state index in [1.807, 2.05) is 18.2 Å². The van der Waals surface area contributed by atoms with E-state index in [4.69, 9.17) is 0 Å². The number of aryl methyl sites for hydroxylation is 1. The van der Waals surface area contributed by atoms with Gasteiger partial charge >= 0.3 is 0 Å². The minimum atomic E-state index is -3.81. The Hall–Kier alpha value is -4.31. The van der Waals surface area contributed by atoms with E-state index in [-0.39, 0.29) is 4.90 Å². The van der Waals surface area contributed by atoms with Gasteiger partial charge in [-0.25, -0.2) is 23.1 Å². The highest BCUT2D eigenvalue weighted by atomic mass is 32.2. The third-order valence-electron chi connectivity index (χ3n) is 4.86. The number of nitrogens with zero attached hydrogens (tertiary/aromatic N) is 5. The molecule has 0 aliphatic heterocycles. The Morgan fingerprint density at radius 2 is 1.67 bits per heavy atom. The summed E-state index contributed by atoms with van der Waals surface area (Å²) in [5.41, 5.74) is 1.61. The summed E-state index contributed by atoms with van der Waals surface area (Å²) in [5.74, 6) is 1.84. The molecule has 164 valence electrons. The summed E-state index contributed by atoms with van der Waals surface area (Å²) in [7, 11) is -3.81. The topological polar surface area (TPSA) is 115 Å². The fourth-order valence-corrected chi connectivity index (χ4v) is 4.65. The van der Waals surface area contributed by atoms with Crippen LogP contribution < -0.4 is 10.0 Å². The van der Waals surface area contributed by atoms with Crippen molar-refractivity contribution in [1.82, 2.24) is 24.7 Å². The lowest BCUT2D eigenvalue weighted by Crippen LogP contribution is -2.13. The van der Waals surface area contributed by atoms with Crippen LogP contribution in [0, 0.1) is 6.92 Å². The van der Waals surface area contributed by atoms with Gasteiger partial charge in [0.1, 0.15) is 16.5 Å². The van der Waals surface area contributed by atoms with Gasteiger partial charge in [-0.2, -0.15) is 5.10 Å². The molecule has 0 unspecified atom stereocenters. The molecular weight excluding hydrogens is 438 g/mol. The van der Waals surface area contributed by atoms with Crippen LogP contribution in [0.3, 0.4) is 0 Å². The largest absolute Gasteiger partial charge is 0.340 e. The van der Waals surface area contributed by atoms with Crippen molar-refractivity contribution < 1.29 is 8.42 Å². The van der Waals surface area contributed by atoms with Gasteiger partial charge in [-0.3, -0.25) is 9.71 Å². The number of pyridine rings is 1. The Bertz CT molecular complexity index is 1530. The van der Waals surface area contributed by atoms with Crippen LogP contribution in [0.15, 0.2) is 90.2 Å². The summed E-state index contributed by atoms with van der Waals surface area (Å²) < 4.78 is 30.2. The van der Waals surface area contributed by atoms with Gasteiger partial charge in [-0.1, -0.05) is 18.2 Å². The molecule has 0 amide bonds. The van der Waals surface area contributed by atoms with Crippen molar-refractivity contribution in [3.63, 3.8) is 0 Å². The standard InChI is InChI=1S/C23H19N7O2S/c1-16-26-21(15-22(27-16)30-14-4-13-25-30)28-18-8-10-19(11-9-18)29-33(31,32)20-7-2-5-17-6-3-12-24-23(17)20/h2-15,29H,1H3,(H,26,27,28). The van der Waals surface area contributed by atoms with Crippen molar-refractivity contribution >= 4 is 38.1 Å². The summed E-state index contributed by atoms with van der Waals surface area (Å²) in [4.78, 5) is 13.2. The Balaban J connectivity index is 1.36. The Kier molecular flexibility index (Phi) is 5.19. The summed E-state index contributed by atoms with van der Waals surface area (Å²) in [6, 6.07) is 19.2. The lowest BCUT2D eigenvalue weighted by Gasteiger charge is -2.12. The maximum Gasteiger partial charge on any atom is 0.264 e. The minimum absolute atomic E-state index is 0.130. The molecule has 0 saturated heterocycles.